The second-order valence-corrected chi connectivity index (χ2v) is 6.06. The van der Waals surface area contributed by atoms with E-state index in [0.29, 0.717) is 13.0 Å². The summed E-state index contributed by atoms with van der Waals surface area (Å²) in [5, 5.41) is 0. The lowest BCUT2D eigenvalue weighted by atomic mass is 10.3. The summed E-state index contributed by atoms with van der Waals surface area (Å²) in [6.07, 6.45) is 4.94. The van der Waals surface area contributed by atoms with Gasteiger partial charge < -0.3 is 0 Å². The summed E-state index contributed by atoms with van der Waals surface area (Å²) in [5.41, 5.74) is 0. The van der Waals surface area contributed by atoms with Gasteiger partial charge in [-0.1, -0.05) is 0 Å². The zero-order valence-electron chi connectivity index (χ0n) is 9.21. The van der Waals surface area contributed by atoms with Crippen LogP contribution < -0.4 is 0 Å². The highest BCUT2D eigenvalue weighted by Crippen LogP contribution is 2.39. The van der Waals surface area contributed by atoms with E-state index in [2.05, 4.69) is 15.0 Å². The molecular formula is C9H11N3O3S2. The highest BCUT2D eigenvalue weighted by atomic mass is 32.2. The van der Waals surface area contributed by atoms with E-state index >= 15 is 0 Å². The number of hydrogen-bond donors (Lipinski definition) is 0. The maximum atomic E-state index is 9.97. The van der Waals surface area contributed by atoms with Crippen LogP contribution in [0.4, 0.5) is 0 Å². The van der Waals surface area contributed by atoms with E-state index in [1.54, 1.807) is 0 Å². The molecule has 0 amide bonds. The third kappa shape index (κ3) is 8.63. The third-order valence-electron chi connectivity index (χ3n) is 1.74. The first-order valence-corrected chi connectivity index (χ1v) is 6.54. The van der Waals surface area contributed by atoms with Gasteiger partial charge in [0.25, 0.3) is 0 Å². The van der Waals surface area contributed by atoms with Crippen molar-refractivity contribution in [2.75, 3.05) is 18.3 Å². The molecule has 0 saturated carbocycles. The molecule has 0 fully saturated rings. The predicted molar refractivity (Wildman–Crippen MR) is 67.2 cm³/mol. The second kappa shape index (κ2) is 10.0. The van der Waals surface area contributed by atoms with Crippen molar-refractivity contribution in [1.82, 2.24) is 0 Å². The molecule has 0 aliphatic heterocycles. The normalized spacial score (nSPS) is 12.5. The van der Waals surface area contributed by atoms with Crippen LogP contribution in [-0.4, -0.2) is 40.6 Å². The SMILES string of the molecule is CC(CCN=C=O)(SCN=C=O)SCN=C=O. The number of rotatable bonds is 9. The molecule has 0 aliphatic rings. The standard InChI is InChI=1S/C9H11N3O3S2/c1-9(2-3-10-4-13,16-7-11-5-14)17-8-12-6-15/h2-3,7-8H2,1H3. The van der Waals surface area contributed by atoms with Gasteiger partial charge in [-0.25, -0.2) is 19.4 Å². The maximum absolute atomic E-state index is 9.97. The lowest BCUT2D eigenvalue weighted by Crippen LogP contribution is -2.17. The number of thioether (sulfide) groups is 2. The van der Waals surface area contributed by atoms with Crippen LogP contribution in [0.15, 0.2) is 15.0 Å². The van der Waals surface area contributed by atoms with Gasteiger partial charge in [0, 0.05) is 0 Å². The minimum atomic E-state index is -0.332. The summed E-state index contributed by atoms with van der Waals surface area (Å²) in [5.74, 6) is 0.533. The van der Waals surface area contributed by atoms with Crippen molar-refractivity contribution in [2.45, 2.75) is 17.4 Å². The Morgan fingerprint density at radius 3 is 1.82 bits per heavy atom. The Bertz CT molecular complexity index is 315. The molecule has 0 aromatic heterocycles. The predicted octanol–water partition coefficient (Wildman–Crippen LogP) is 1.48. The second-order valence-electron chi connectivity index (χ2n) is 2.90. The van der Waals surface area contributed by atoms with E-state index < -0.39 is 0 Å². The van der Waals surface area contributed by atoms with Crippen molar-refractivity contribution < 1.29 is 14.4 Å². The lowest BCUT2D eigenvalue weighted by molar-refractivity contribution is 0.562. The molecule has 92 valence electrons. The fraction of sp³-hybridized carbons (Fsp3) is 0.667. The molecule has 0 aromatic carbocycles. The minimum absolute atomic E-state index is 0.266. The fourth-order valence-corrected chi connectivity index (χ4v) is 2.78. The van der Waals surface area contributed by atoms with Gasteiger partial charge in [-0.05, 0) is 13.3 Å². The zero-order chi connectivity index (χ0) is 13.0. The Morgan fingerprint density at radius 2 is 1.41 bits per heavy atom. The number of isocyanates is 3. The van der Waals surface area contributed by atoms with E-state index in [9.17, 15) is 14.4 Å². The molecule has 0 spiro atoms. The van der Waals surface area contributed by atoms with Gasteiger partial charge in [0.15, 0.2) is 0 Å². The molecule has 0 saturated heterocycles. The summed E-state index contributed by atoms with van der Waals surface area (Å²) < 4.78 is -0.332. The van der Waals surface area contributed by atoms with Crippen LogP contribution in [-0.2, 0) is 14.4 Å². The van der Waals surface area contributed by atoms with E-state index in [4.69, 9.17) is 0 Å². The number of hydrogen-bond acceptors (Lipinski definition) is 8. The first kappa shape index (κ1) is 15.8. The van der Waals surface area contributed by atoms with Gasteiger partial charge in [-0.3, -0.25) is 0 Å². The number of nitrogens with zero attached hydrogens (tertiary/aromatic N) is 3. The average Bonchev–Trinajstić information content (AvgIpc) is 2.30. The Hall–Kier alpha value is -1.16. The topological polar surface area (TPSA) is 88.3 Å². The first-order valence-electron chi connectivity index (χ1n) is 4.57. The van der Waals surface area contributed by atoms with Crippen LogP contribution in [0.1, 0.15) is 13.3 Å². The number of carbonyl (C=O) groups excluding carboxylic acids is 3. The molecule has 0 heterocycles. The third-order valence-corrected chi connectivity index (χ3v) is 4.59. The van der Waals surface area contributed by atoms with Gasteiger partial charge in [0.05, 0.1) is 22.4 Å². The van der Waals surface area contributed by atoms with Crippen molar-refractivity contribution in [2.24, 2.45) is 15.0 Å². The quantitative estimate of drug-likeness (QED) is 0.360. The molecule has 8 heteroatoms. The molecule has 0 aliphatic carbocycles. The molecule has 6 nitrogen and oxygen atoms in total. The van der Waals surface area contributed by atoms with Crippen LogP contribution in [0.25, 0.3) is 0 Å². The van der Waals surface area contributed by atoms with Crippen LogP contribution in [0.2, 0.25) is 0 Å². The van der Waals surface area contributed by atoms with Crippen LogP contribution in [0, 0.1) is 0 Å². The van der Waals surface area contributed by atoms with Gasteiger partial charge >= 0.3 is 0 Å². The first-order chi connectivity index (χ1) is 8.18. The van der Waals surface area contributed by atoms with Crippen LogP contribution in [0.3, 0.4) is 0 Å². The molecule has 17 heavy (non-hydrogen) atoms. The molecule has 0 bridgehead atoms. The van der Waals surface area contributed by atoms with Gasteiger partial charge in [0.2, 0.25) is 18.2 Å². The fourth-order valence-electron chi connectivity index (χ4n) is 0.881. The zero-order valence-corrected chi connectivity index (χ0v) is 10.8. The minimum Gasteiger partial charge on any atom is -0.211 e. The monoisotopic (exact) mass is 273 g/mol. The van der Waals surface area contributed by atoms with Crippen molar-refractivity contribution >= 4 is 41.8 Å². The molecule has 0 unspecified atom stereocenters. The molecule has 0 rings (SSSR count). The highest BCUT2D eigenvalue weighted by molar-refractivity contribution is 8.18. The smallest absolute Gasteiger partial charge is 0.211 e. The summed E-state index contributed by atoms with van der Waals surface area (Å²) in [6, 6.07) is 0. The van der Waals surface area contributed by atoms with Crippen molar-refractivity contribution in [1.29, 1.82) is 0 Å². The van der Waals surface area contributed by atoms with Gasteiger partial charge in [0.1, 0.15) is 0 Å². The largest absolute Gasteiger partial charge is 0.235 e. The Morgan fingerprint density at radius 1 is 0.941 bits per heavy atom. The van der Waals surface area contributed by atoms with Gasteiger partial charge in [-0.2, -0.15) is 9.98 Å². The molecule has 0 N–H and O–H groups in total. The summed E-state index contributed by atoms with van der Waals surface area (Å²) in [6.45, 7) is 2.24. The average molecular weight is 273 g/mol. The lowest BCUT2D eigenvalue weighted by Gasteiger charge is -2.25. The Kier molecular flexibility index (Phi) is 9.34. The summed E-state index contributed by atoms with van der Waals surface area (Å²) >= 11 is 2.81. The van der Waals surface area contributed by atoms with Gasteiger partial charge in [-0.15, -0.1) is 23.5 Å². The van der Waals surface area contributed by atoms with E-state index in [1.165, 1.54) is 41.8 Å². The summed E-state index contributed by atoms with van der Waals surface area (Å²) in [7, 11) is 0. The molecule has 0 atom stereocenters. The highest BCUT2D eigenvalue weighted by Gasteiger charge is 2.24. The van der Waals surface area contributed by atoms with E-state index in [-0.39, 0.29) is 15.8 Å². The number of aliphatic imine (C=N–C) groups is 3. The van der Waals surface area contributed by atoms with Crippen molar-refractivity contribution in [3.05, 3.63) is 0 Å². The molecule has 0 aromatic rings. The Labute approximate surface area is 107 Å². The Balaban J connectivity index is 4.35. The van der Waals surface area contributed by atoms with E-state index in [1.807, 2.05) is 6.92 Å². The molecular weight excluding hydrogens is 262 g/mol. The van der Waals surface area contributed by atoms with E-state index in [0.717, 1.165) is 0 Å². The maximum Gasteiger partial charge on any atom is 0.235 e. The van der Waals surface area contributed by atoms with Crippen molar-refractivity contribution in [3.8, 4) is 0 Å². The van der Waals surface area contributed by atoms with Crippen LogP contribution >= 0.6 is 23.5 Å². The summed E-state index contributed by atoms with van der Waals surface area (Å²) in [4.78, 5) is 40.2. The van der Waals surface area contributed by atoms with Crippen LogP contribution in [0.5, 0.6) is 0 Å². The van der Waals surface area contributed by atoms with Crippen molar-refractivity contribution in [3.63, 3.8) is 0 Å². The molecule has 0 radical (unpaired) electrons.